The van der Waals surface area contributed by atoms with Crippen molar-refractivity contribution >= 4 is 29.3 Å². The molecule has 5 N–H and O–H groups in total. The highest BCUT2D eigenvalue weighted by Gasteiger charge is 2.49. The van der Waals surface area contributed by atoms with Gasteiger partial charge in [0, 0.05) is 19.1 Å². The van der Waals surface area contributed by atoms with Gasteiger partial charge in [0.25, 0.3) is 0 Å². The summed E-state index contributed by atoms with van der Waals surface area (Å²) in [6.07, 6.45) is -1.69. The molecule has 0 saturated carbocycles. The van der Waals surface area contributed by atoms with Gasteiger partial charge in [0.05, 0.1) is 17.5 Å². The number of fused-ring (bicyclic) bond motifs is 1. The Morgan fingerprint density at radius 2 is 1.91 bits per heavy atom. The minimum Gasteiger partial charge on any atom is -0.388 e. The number of hydrogen-bond donors (Lipinski definition) is 5. The maximum absolute atomic E-state index is 13.4. The van der Waals surface area contributed by atoms with E-state index < -0.39 is 47.3 Å². The fourth-order valence-corrected chi connectivity index (χ4v) is 6.41. The van der Waals surface area contributed by atoms with E-state index in [0.29, 0.717) is 19.1 Å². The largest absolute Gasteiger partial charge is 0.388 e. The summed E-state index contributed by atoms with van der Waals surface area (Å²) in [6.45, 7) is 5.03. The molecule has 10 heteroatoms. The number of thioether (sulfide) groups is 1. The van der Waals surface area contributed by atoms with Gasteiger partial charge < -0.3 is 35.4 Å². The third-order valence-electron chi connectivity index (χ3n) is 7.58. The van der Waals surface area contributed by atoms with E-state index >= 15 is 0 Å². The van der Waals surface area contributed by atoms with E-state index in [0.717, 1.165) is 12.8 Å². The number of alkyl halides is 1. The van der Waals surface area contributed by atoms with Gasteiger partial charge in [-0.2, -0.15) is 0 Å². The summed E-state index contributed by atoms with van der Waals surface area (Å²) in [4.78, 5) is 13.4. The molecular formula is C25H37ClN2O6S. The number of amides is 1. The highest BCUT2D eigenvalue weighted by molar-refractivity contribution is 7.99. The zero-order chi connectivity index (χ0) is 25.3. The second kappa shape index (κ2) is 11.6. The molecule has 11 atom stereocenters. The van der Waals surface area contributed by atoms with Crippen LogP contribution in [0.5, 0.6) is 0 Å². The molecule has 3 heterocycles. The maximum Gasteiger partial charge on any atom is 0.240 e. The van der Waals surface area contributed by atoms with E-state index in [9.17, 15) is 20.1 Å². The summed E-state index contributed by atoms with van der Waals surface area (Å²) < 4.78 is 12.1. The zero-order valence-corrected chi connectivity index (χ0v) is 21.9. The van der Waals surface area contributed by atoms with Crippen molar-refractivity contribution in [1.29, 1.82) is 0 Å². The highest BCUT2D eigenvalue weighted by Crippen LogP contribution is 2.36. The maximum atomic E-state index is 13.4. The molecule has 0 aliphatic carbocycles. The number of carbonyl (C=O) groups excluding carboxylic acids is 1. The number of ether oxygens (including phenoxy) is 2. The van der Waals surface area contributed by atoms with Crippen LogP contribution < -0.4 is 10.6 Å². The summed E-state index contributed by atoms with van der Waals surface area (Å²) >= 11 is 7.64. The first-order valence-electron chi connectivity index (χ1n) is 12.3. The standard InChI is InChI=1S/C25H37ClN2O6S/c1-12-4-6-14(7-5-12)15-8-9-33-22-16(10-15)11-27-18(22)24(32)28-17(13(2)26)23-20(30)19(29)21(31)25(34-23)35-3/h4-7,13,15-23,25,27,29-31H,8-11H2,1-3H3,(H,28,32)/t13-,15?,16-,17+,18-,19?,20?,21?,22+,23?,25?/m0/s1. The van der Waals surface area contributed by atoms with Gasteiger partial charge >= 0.3 is 0 Å². The van der Waals surface area contributed by atoms with Crippen molar-refractivity contribution in [3.63, 3.8) is 0 Å². The Hall–Kier alpha value is -0.910. The van der Waals surface area contributed by atoms with Gasteiger partial charge in [-0.05, 0) is 44.4 Å². The Morgan fingerprint density at radius 1 is 1.20 bits per heavy atom. The van der Waals surface area contributed by atoms with E-state index in [4.69, 9.17) is 21.1 Å². The molecular weight excluding hydrogens is 492 g/mol. The van der Waals surface area contributed by atoms with Crippen molar-refractivity contribution in [2.45, 2.75) is 86.0 Å². The number of hydrogen-bond acceptors (Lipinski definition) is 8. The van der Waals surface area contributed by atoms with E-state index in [-0.39, 0.29) is 17.9 Å². The third kappa shape index (κ3) is 5.83. The van der Waals surface area contributed by atoms with Crippen LogP contribution in [0.3, 0.4) is 0 Å². The molecule has 3 aliphatic heterocycles. The summed E-state index contributed by atoms with van der Waals surface area (Å²) in [7, 11) is 0. The smallest absolute Gasteiger partial charge is 0.240 e. The molecule has 3 saturated heterocycles. The van der Waals surface area contributed by atoms with Crippen molar-refractivity contribution in [1.82, 2.24) is 10.6 Å². The van der Waals surface area contributed by atoms with E-state index in [1.54, 1.807) is 13.2 Å². The second-order valence-corrected chi connectivity index (χ2v) is 11.6. The third-order valence-corrected chi connectivity index (χ3v) is 8.71. The first-order chi connectivity index (χ1) is 16.7. The van der Waals surface area contributed by atoms with Crippen molar-refractivity contribution in [3.05, 3.63) is 35.4 Å². The summed E-state index contributed by atoms with van der Waals surface area (Å²) in [6, 6.07) is 7.30. The molecule has 3 fully saturated rings. The van der Waals surface area contributed by atoms with Crippen molar-refractivity contribution in [3.8, 4) is 0 Å². The fraction of sp³-hybridized carbons (Fsp3) is 0.720. The topological polar surface area (TPSA) is 120 Å². The van der Waals surface area contributed by atoms with Gasteiger partial charge in [0.15, 0.2) is 0 Å². The first kappa shape index (κ1) is 27.1. The number of aryl methyl sites for hydroxylation is 1. The Morgan fingerprint density at radius 3 is 2.57 bits per heavy atom. The lowest BCUT2D eigenvalue weighted by Crippen LogP contribution is -2.65. The summed E-state index contributed by atoms with van der Waals surface area (Å²) in [5.41, 5.74) is 1.79. The SMILES string of the molecule is CSC1OC([C@H](NC(=O)[C@H]2NC[C@@H]3CC(c4ccc(C)cc4)CCO[C@H]32)[C@H](C)Cl)C(O)C(O)C1O. The van der Waals surface area contributed by atoms with Gasteiger partial charge in [0.1, 0.15) is 35.9 Å². The second-order valence-electron chi connectivity index (χ2n) is 10.0. The van der Waals surface area contributed by atoms with Crippen LogP contribution in [-0.2, 0) is 14.3 Å². The number of benzene rings is 1. The summed E-state index contributed by atoms with van der Waals surface area (Å²) in [5, 5.41) is 36.8. The molecule has 8 nitrogen and oxygen atoms in total. The van der Waals surface area contributed by atoms with Gasteiger partial charge in [-0.3, -0.25) is 4.79 Å². The fourth-order valence-electron chi connectivity index (χ4n) is 5.52. The van der Waals surface area contributed by atoms with Crippen LogP contribution in [0.25, 0.3) is 0 Å². The number of halogens is 1. The molecule has 4 rings (SSSR count). The van der Waals surface area contributed by atoms with E-state index in [2.05, 4.69) is 41.8 Å². The number of carbonyl (C=O) groups is 1. The average molecular weight is 529 g/mol. The molecule has 3 aliphatic rings. The highest BCUT2D eigenvalue weighted by atomic mass is 35.5. The number of aliphatic hydroxyl groups excluding tert-OH is 3. The lowest BCUT2D eigenvalue weighted by molar-refractivity contribution is -0.205. The van der Waals surface area contributed by atoms with Crippen molar-refractivity contribution in [2.24, 2.45) is 5.92 Å². The number of nitrogens with one attached hydrogen (secondary N) is 2. The molecule has 0 radical (unpaired) electrons. The monoisotopic (exact) mass is 528 g/mol. The Balaban J connectivity index is 1.44. The first-order valence-corrected chi connectivity index (χ1v) is 14.0. The van der Waals surface area contributed by atoms with E-state index in [1.165, 1.54) is 22.9 Å². The minimum atomic E-state index is -1.40. The molecule has 1 aromatic carbocycles. The van der Waals surface area contributed by atoms with Crippen LogP contribution in [0.4, 0.5) is 0 Å². The number of aliphatic hydroxyl groups is 3. The predicted molar refractivity (Wildman–Crippen MR) is 136 cm³/mol. The van der Waals surface area contributed by atoms with Crippen molar-refractivity contribution in [2.75, 3.05) is 19.4 Å². The molecule has 35 heavy (non-hydrogen) atoms. The van der Waals surface area contributed by atoms with E-state index in [1.807, 2.05) is 0 Å². The van der Waals surface area contributed by atoms with Crippen LogP contribution in [-0.4, -0.2) is 94.1 Å². The molecule has 6 unspecified atom stereocenters. The molecule has 0 bridgehead atoms. The molecule has 1 amide bonds. The Kier molecular flexibility index (Phi) is 9.03. The van der Waals surface area contributed by atoms with Crippen LogP contribution in [0.1, 0.15) is 36.8 Å². The molecule has 196 valence electrons. The van der Waals surface area contributed by atoms with Crippen LogP contribution in [0.2, 0.25) is 0 Å². The molecule has 0 spiro atoms. The van der Waals surface area contributed by atoms with Gasteiger partial charge in [-0.1, -0.05) is 29.8 Å². The van der Waals surface area contributed by atoms with Crippen LogP contribution in [0, 0.1) is 12.8 Å². The van der Waals surface area contributed by atoms with Crippen LogP contribution >= 0.6 is 23.4 Å². The number of rotatable bonds is 6. The Labute approximate surface area is 216 Å². The average Bonchev–Trinajstić information content (AvgIpc) is 3.12. The molecule has 1 aromatic rings. The lowest BCUT2D eigenvalue weighted by Gasteiger charge is -2.44. The predicted octanol–water partition coefficient (Wildman–Crippen LogP) is 1.13. The minimum absolute atomic E-state index is 0.195. The van der Waals surface area contributed by atoms with Gasteiger partial charge in [-0.15, -0.1) is 23.4 Å². The van der Waals surface area contributed by atoms with Crippen LogP contribution in [0.15, 0.2) is 24.3 Å². The van der Waals surface area contributed by atoms with Crippen molar-refractivity contribution < 1.29 is 29.6 Å². The Bertz CT molecular complexity index is 859. The lowest BCUT2D eigenvalue weighted by atomic mass is 9.85. The normalized spacial score (nSPS) is 39.3. The molecule has 0 aromatic heterocycles. The van der Waals surface area contributed by atoms with Gasteiger partial charge in [0.2, 0.25) is 5.91 Å². The van der Waals surface area contributed by atoms with Gasteiger partial charge in [-0.25, -0.2) is 0 Å². The zero-order valence-electron chi connectivity index (χ0n) is 20.3. The summed E-state index contributed by atoms with van der Waals surface area (Å²) in [5.74, 6) is 0.300. The quantitative estimate of drug-likeness (QED) is 0.349.